The van der Waals surface area contributed by atoms with Gasteiger partial charge in [-0.3, -0.25) is 0 Å². The summed E-state index contributed by atoms with van der Waals surface area (Å²) in [5, 5.41) is 8.54. The molecule has 25 heavy (non-hydrogen) atoms. The molecule has 0 saturated carbocycles. The molecule has 3 aromatic heterocycles. The van der Waals surface area contributed by atoms with E-state index in [-0.39, 0.29) is 12.7 Å². The molecule has 0 aliphatic rings. The molecule has 0 bridgehead atoms. The van der Waals surface area contributed by atoms with Crippen LogP contribution in [0.1, 0.15) is 17.1 Å². The molecule has 0 unspecified atom stereocenters. The van der Waals surface area contributed by atoms with E-state index in [1.54, 1.807) is 0 Å². The van der Waals surface area contributed by atoms with E-state index >= 15 is 0 Å². The van der Waals surface area contributed by atoms with Crippen LogP contribution in [0, 0.1) is 13.8 Å². The first-order valence-corrected chi connectivity index (χ1v) is 7.65. The summed E-state index contributed by atoms with van der Waals surface area (Å²) >= 11 is 0. The predicted molar refractivity (Wildman–Crippen MR) is 89.8 cm³/mol. The molecule has 4 aromatic rings. The van der Waals surface area contributed by atoms with Gasteiger partial charge in [0, 0.05) is 11.1 Å². The fourth-order valence-electron chi connectivity index (χ4n) is 2.48. The Morgan fingerprint density at radius 1 is 1.04 bits per heavy atom. The van der Waals surface area contributed by atoms with E-state index in [1.807, 2.05) is 44.2 Å². The summed E-state index contributed by atoms with van der Waals surface area (Å²) in [6.07, 6.45) is 0.0351. The van der Waals surface area contributed by atoms with Gasteiger partial charge >= 0.3 is 6.08 Å². The van der Waals surface area contributed by atoms with Gasteiger partial charge < -0.3 is 19.3 Å². The van der Waals surface area contributed by atoms with Gasteiger partial charge in [0.15, 0.2) is 12.4 Å². The Bertz CT molecular complexity index is 1040. The number of nitrogens with two attached hydrogens (primary N) is 1. The molecule has 0 radical (unpaired) electrons. The van der Waals surface area contributed by atoms with Gasteiger partial charge in [0.05, 0.1) is 5.39 Å². The minimum absolute atomic E-state index is 0.0351. The van der Waals surface area contributed by atoms with Gasteiger partial charge in [0.2, 0.25) is 5.71 Å². The van der Waals surface area contributed by atoms with Gasteiger partial charge in [0.1, 0.15) is 11.6 Å². The third-order valence-electron chi connectivity index (χ3n) is 3.85. The number of benzene rings is 1. The molecule has 0 saturated heterocycles. The highest BCUT2D eigenvalue weighted by molar-refractivity contribution is 5.88. The van der Waals surface area contributed by atoms with Crippen molar-refractivity contribution in [3.63, 3.8) is 0 Å². The number of fused-ring (bicyclic) bond motifs is 1. The van der Waals surface area contributed by atoms with E-state index < -0.39 is 0 Å². The fourth-order valence-corrected chi connectivity index (χ4v) is 2.48. The van der Waals surface area contributed by atoms with Crippen LogP contribution in [-0.2, 0) is 6.61 Å². The zero-order valence-electron chi connectivity index (χ0n) is 13.7. The van der Waals surface area contributed by atoms with Crippen molar-refractivity contribution in [2.45, 2.75) is 20.5 Å². The number of hydrogen-bond donors (Lipinski definition) is 1. The van der Waals surface area contributed by atoms with Gasteiger partial charge in [-0.15, -0.1) is 5.10 Å². The van der Waals surface area contributed by atoms with Crippen molar-refractivity contribution in [3.8, 4) is 17.5 Å². The normalized spacial score (nSPS) is 11.1. The third-order valence-corrected chi connectivity index (χ3v) is 3.85. The lowest BCUT2D eigenvalue weighted by Crippen LogP contribution is -2.04. The first-order chi connectivity index (χ1) is 12.1. The van der Waals surface area contributed by atoms with Crippen molar-refractivity contribution in [2.24, 2.45) is 0 Å². The molecule has 4 rings (SSSR count). The number of ether oxygens (including phenoxy) is 1. The highest BCUT2D eigenvalue weighted by atomic mass is 16.6. The van der Waals surface area contributed by atoms with Crippen molar-refractivity contribution >= 4 is 16.9 Å². The number of aromatic nitrogens is 4. The maximum atomic E-state index is 6.00. The van der Waals surface area contributed by atoms with Gasteiger partial charge in [-0.05, 0) is 26.0 Å². The molecule has 2 N–H and O–H groups in total. The van der Waals surface area contributed by atoms with Gasteiger partial charge in [-0.25, -0.2) is 4.98 Å². The Labute approximate surface area is 142 Å². The van der Waals surface area contributed by atoms with Crippen LogP contribution in [0.15, 0.2) is 39.2 Å². The van der Waals surface area contributed by atoms with Crippen LogP contribution in [0.3, 0.4) is 0 Å². The number of anilines is 1. The van der Waals surface area contributed by atoms with Crippen LogP contribution in [0.5, 0.6) is 6.08 Å². The van der Waals surface area contributed by atoms with E-state index in [9.17, 15) is 0 Å². The minimum atomic E-state index is 0.0351. The number of nitrogens with zero attached hydrogens (tertiary/aromatic N) is 4. The SMILES string of the molecule is Cc1oc2nc(COc3nnc(-c4ccccc4)o3)nc(N)c2c1C. The number of hydrogen-bond acceptors (Lipinski definition) is 8. The molecule has 0 fully saturated rings. The zero-order valence-corrected chi connectivity index (χ0v) is 13.7. The monoisotopic (exact) mass is 337 g/mol. The molecule has 0 spiro atoms. The largest absolute Gasteiger partial charge is 0.443 e. The van der Waals surface area contributed by atoms with Crippen LogP contribution in [0.2, 0.25) is 0 Å². The molecule has 8 heteroatoms. The number of aryl methyl sites for hydroxylation is 2. The maximum Gasteiger partial charge on any atom is 0.415 e. The van der Waals surface area contributed by atoms with Gasteiger partial charge in [-0.1, -0.05) is 23.3 Å². The Balaban J connectivity index is 1.54. The molecular formula is C17H15N5O3. The van der Waals surface area contributed by atoms with Crippen molar-refractivity contribution in [3.05, 3.63) is 47.5 Å². The first kappa shape index (κ1) is 15.1. The average Bonchev–Trinajstić information content (AvgIpc) is 3.19. The van der Waals surface area contributed by atoms with E-state index in [0.29, 0.717) is 23.2 Å². The molecule has 1 aromatic carbocycles. The van der Waals surface area contributed by atoms with Gasteiger partial charge in [-0.2, -0.15) is 4.98 Å². The lowest BCUT2D eigenvalue weighted by atomic mass is 10.2. The predicted octanol–water partition coefficient (Wildman–Crippen LogP) is 3.05. The Morgan fingerprint density at radius 2 is 1.84 bits per heavy atom. The quantitative estimate of drug-likeness (QED) is 0.604. The van der Waals surface area contributed by atoms with Crippen LogP contribution in [0.25, 0.3) is 22.6 Å². The molecule has 0 atom stereocenters. The maximum absolute atomic E-state index is 6.00. The second kappa shape index (κ2) is 5.90. The van der Waals surface area contributed by atoms with Crippen LogP contribution < -0.4 is 10.5 Å². The lowest BCUT2D eigenvalue weighted by Gasteiger charge is -2.02. The van der Waals surface area contributed by atoms with Crippen LogP contribution in [-0.4, -0.2) is 20.2 Å². The van der Waals surface area contributed by atoms with E-state index in [4.69, 9.17) is 19.3 Å². The van der Waals surface area contributed by atoms with E-state index in [0.717, 1.165) is 22.3 Å². The summed E-state index contributed by atoms with van der Waals surface area (Å²) in [5.41, 5.74) is 8.19. The summed E-state index contributed by atoms with van der Waals surface area (Å²) < 4.78 is 16.5. The summed E-state index contributed by atoms with van der Waals surface area (Å²) in [7, 11) is 0. The topological polar surface area (TPSA) is 113 Å². The van der Waals surface area contributed by atoms with E-state index in [1.165, 1.54) is 0 Å². The number of furan rings is 1. The van der Waals surface area contributed by atoms with Crippen molar-refractivity contribution in [1.29, 1.82) is 0 Å². The zero-order chi connectivity index (χ0) is 17.4. The average molecular weight is 337 g/mol. The molecule has 8 nitrogen and oxygen atoms in total. The Hall–Kier alpha value is -3.42. The third kappa shape index (κ3) is 2.78. The molecular weight excluding hydrogens is 322 g/mol. The standard InChI is InChI=1S/C17H15N5O3/c1-9-10(2)24-16-13(9)14(18)19-12(20-16)8-23-17-22-21-15(25-17)11-6-4-3-5-7-11/h3-7H,8H2,1-2H3,(H2,18,19,20). The second-order valence-corrected chi connectivity index (χ2v) is 5.52. The fraction of sp³-hybridized carbons (Fsp3) is 0.176. The highest BCUT2D eigenvalue weighted by Crippen LogP contribution is 2.27. The van der Waals surface area contributed by atoms with E-state index in [2.05, 4.69) is 20.2 Å². The summed E-state index contributed by atoms with van der Waals surface area (Å²) in [6.45, 7) is 3.81. The molecule has 0 amide bonds. The number of nitrogen functional groups attached to an aromatic ring is 1. The Morgan fingerprint density at radius 3 is 2.64 bits per heavy atom. The minimum Gasteiger partial charge on any atom is -0.443 e. The van der Waals surface area contributed by atoms with Crippen LogP contribution >= 0.6 is 0 Å². The molecule has 0 aliphatic carbocycles. The lowest BCUT2D eigenvalue weighted by molar-refractivity contribution is 0.216. The van der Waals surface area contributed by atoms with Crippen molar-refractivity contribution < 1.29 is 13.6 Å². The molecule has 126 valence electrons. The number of rotatable bonds is 4. The summed E-state index contributed by atoms with van der Waals surface area (Å²) in [6, 6.07) is 9.43. The smallest absolute Gasteiger partial charge is 0.415 e. The highest BCUT2D eigenvalue weighted by Gasteiger charge is 2.15. The Kier molecular flexibility index (Phi) is 3.57. The van der Waals surface area contributed by atoms with Crippen LogP contribution in [0.4, 0.5) is 5.82 Å². The summed E-state index contributed by atoms with van der Waals surface area (Å²) in [4.78, 5) is 8.57. The first-order valence-electron chi connectivity index (χ1n) is 7.65. The van der Waals surface area contributed by atoms with Crippen molar-refractivity contribution in [1.82, 2.24) is 20.2 Å². The summed E-state index contributed by atoms with van der Waals surface area (Å²) in [5.74, 6) is 1.87. The van der Waals surface area contributed by atoms with Crippen molar-refractivity contribution in [2.75, 3.05) is 5.73 Å². The van der Waals surface area contributed by atoms with Gasteiger partial charge in [0.25, 0.3) is 5.89 Å². The molecule has 3 heterocycles. The molecule has 0 aliphatic heterocycles. The second-order valence-electron chi connectivity index (χ2n) is 5.52.